The molecule has 1 unspecified atom stereocenters. The van der Waals surface area contributed by atoms with Crippen molar-refractivity contribution < 1.29 is 14.3 Å². The van der Waals surface area contributed by atoms with Crippen molar-refractivity contribution in [1.29, 1.82) is 0 Å². The predicted octanol–water partition coefficient (Wildman–Crippen LogP) is 4.21. The number of carbonyl (C=O) groups is 1. The minimum atomic E-state index is -0.604. The summed E-state index contributed by atoms with van der Waals surface area (Å²) in [5, 5.41) is 11.7. The molecule has 3 aromatic carbocycles. The van der Waals surface area contributed by atoms with Gasteiger partial charge < -0.3 is 9.47 Å². The number of halogens is 1. The minimum Gasteiger partial charge on any atom is -0.493 e. The fourth-order valence-corrected chi connectivity index (χ4v) is 5.05. The molecule has 36 heavy (non-hydrogen) atoms. The van der Waals surface area contributed by atoms with Crippen molar-refractivity contribution in [1.82, 2.24) is 10.3 Å². The number of hydrogen-bond donors (Lipinski definition) is 1. The van der Waals surface area contributed by atoms with Gasteiger partial charge in [0.2, 0.25) is 0 Å². The van der Waals surface area contributed by atoms with Gasteiger partial charge in [0.15, 0.2) is 22.8 Å². The molecule has 1 atom stereocenters. The monoisotopic (exact) mass is 520 g/mol. The molecule has 5 rings (SSSR count). The third kappa shape index (κ3) is 4.79. The Bertz CT molecular complexity index is 1450. The Morgan fingerprint density at radius 3 is 2.67 bits per heavy atom. The quantitative estimate of drug-likeness (QED) is 0.505. The van der Waals surface area contributed by atoms with Gasteiger partial charge in [0, 0.05) is 16.5 Å². The summed E-state index contributed by atoms with van der Waals surface area (Å²) in [5.74, 6) is 1.56. The molecular weight excluding hydrogens is 496 g/mol. The fraction of sp³-hybridized carbons (Fsp3) is 0.222. The summed E-state index contributed by atoms with van der Waals surface area (Å²) in [5.41, 5.74) is 2.20. The number of carbonyl (C=O) groups excluding carboxylic acids is 1. The van der Waals surface area contributed by atoms with E-state index in [-0.39, 0.29) is 5.91 Å². The molecule has 1 N–H and O–H groups in total. The smallest absolute Gasteiger partial charge is 0.276 e. The van der Waals surface area contributed by atoms with Crippen molar-refractivity contribution in [3.05, 3.63) is 93.5 Å². The second-order valence-corrected chi connectivity index (χ2v) is 9.72. The highest BCUT2D eigenvalue weighted by Gasteiger charge is 2.35. The van der Waals surface area contributed by atoms with Gasteiger partial charge in [-0.25, -0.2) is 5.01 Å². The first-order chi connectivity index (χ1) is 17.6. The standard InChI is InChI=1S/C27H25ClN4O3S/c1-3-13-36-27-30-26(33)23-19-11-7-8-12-21(19)29-25(32(23)31-27)18-14-20(28)24(22(15-18)34-2)35-16-17-9-5-4-6-10-17/h4-12,14-15,25H,3,13,16H2,1-2H3,(H,30,31,33). The fourth-order valence-electron chi connectivity index (χ4n) is 4.07. The first kappa shape index (κ1) is 24.2. The molecule has 0 fully saturated rings. The molecule has 184 valence electrons. The zero-order chi connectivity index (χ0) is 25.1. The second kappa shape index (κ2) is 10.6. The van der Waals surface area contributed by atoms with Crippen molar-refractivity contribution >= 4 is 40.1 Å². The molecule has 2 aliphatic rings. The Kier molecular flexibility index (Phi) is 7.16. The number of hydrazone groups is 1. The van der Waals surface area contributed by atoms with Gasteiger partial charge in [-0.1, -0.05) is 78.8 Å². The largest absolute Gasteiger partial charge is 0.493 e. The molecule has 9 heteroatoms. The number of ether oxygens (including phenoxy) is 2. The van der Waals surface area contributed by atoms with E-state index in [4.69, 9.17) is 31.2 Å². The van der Waals surface area contributed by atoms with Crippen LogP contribution in [0.2, 0.25) is 5.02 Å². The van der Waals surface area contributed by atoms with Crippen molar-refractivity contribution in [2.24, 2.45) is 10.1 Å². The van der Waals surface area contributed by atoms with Gasteiger partial charge in [-0.05, 0) is 30.2 Å². The first-order valence-corrected chi connectivity index (χ1v) is 13.0. The molecule has 2 heterocycles. The maximum absolute atomic E-state index is 13.2. The van der Waals surface area contributed by atoms with Gasteiger partial charge in [-0.15, -0.1) is 5.10 Å². The second-order valence-electron chi connectivity index (χ2n) is 8.23. The average molecular weight is 521 g/mol. The number of para-hydroxylation sites is 1. The highest BCUT2D eigenvalue weighted by molar-refractivity contribution is 8.13. The van der Waals surface area contributed by atoms with Gasteiger partial charge in [0.25, 0.3) is 5.91 Å². The predicted molar refractivity (Wildman–Crippen MR) is 142 cm³/mol. The number of nitrogens with one attached hydrogen (secondary N) is 1. The number of benzene rings is 3. The summed E-state index contributed by atoms with van der Waals surface area (Å²) in [6.07, 6.45) is 0.358. The first-order valence-electron chi connectivity index (χ1n) is 11.6. The summed E-state index contributed by atoms with van der Waals surface area (Å²) in [6.45, 7) is 2.44. The van der Waals surface area contributed by atoms with Crippen LogP contribution in [-0.2, 0) is 11.4 Å². The van der Waals surface area contributed by atoms with E-state index in [0.717, 1.165) is 28.5 Å². The van der Waals surface area contributed by atoms with Crippen LogP contribution in [0.5, 0.6) is 11.5 Å². The van der Waals surface area contributed by atoms with Gasteiger partial charge in [0.05, 0.1) is 17.5 Å². The van der Waals surface area contributed by atoms with E-state index in [2.05, 4.69) is 12.2 Å². The molecular formula is C27H25ClN4O3S. The number of methoxy groups -OCH3 is 1. The topological polar surface area (TPSA) is 75.5 Å². The lowest BCUT2D eigenvalue weighted by atomic mass is 10.1. The number of rotatable bonds is 7. The van der Waals surface area contributed by atoms with Crippen LogP contribution in [0.3, 0.4) is 0 Å². The maximum atomic E-state index is 13.2. The van der Waals surface area contributed by atoms with E-state index in [9.17, 15) is 4.79 Å². The van der Waals surface area contributed by atoms with Crippen LogP contribution >= 0.6 is 23.4 Å². The number of thioether (sulfide) groups is 1. The summed E-state index contributed by atoms with van der Waals surface area (Å²) in [6, 6.07) is 21.0. The van der Waals surface area contributed by atoms with Crippen LogP contribution < -0.4 is 25.4 Å². The molecule has 0 spiro atoms. The van der Waals surface area contributed by atoms with Gasteiger partial charge in [-0.2, -0.15) is 0 Å². The Morgan fingerprint density at radius 2 is 1.89 bits per heavy atom. The zero-order valence-corrected chi connectivity index (χ0v) is 21.5. The van der Waals surface area contributed by atoms with Crippen molar-refractivity contribution in [3.63, 3.8) is 0 Å². The summed E-state index contributed by atoms with van der Waals surface area (Å²) >= 11 is 8.21. The molecule has 2 aliphatic heterocycles. The lowest BCUT2D eigenvalue weighted by molar-refractivity contribution is -0.116. The van der Waals surface area contributed by atoms with Crippen molar-refractivity contribution in [2.75, 3.05) is 12.9 Å². The summed E-state index contributed by atoms with van der Waals surface area (Å²) in [4.78, 5) is 18.2. The molecule has 0 bridgehead atoms. The number of nitrogens with zero attached hydrogens (tertiary/aromatic N) is 3. The van der Waals surface area contributed by atoms with Crippen LogP contribution in [0.4, 0.5) is 0 Å². The average Bonchev–Trinajstić information content (AvgIpc) is 2.90. The number of fused-ring (bicyclic) bond motifs is 2. The van der Waals surface area contributed by atoms with Crippen LogP contribution in [0.15, 0.2) is 76.8 Å². The number of hydrogen-bond acceptors (Lipinski definition) is 7. The zero-order valence-electron chi connectivity index (χ0n) is 19.9. The Morgan fingerprint density at radius 1 is 1.11 bits per heavy atom. The molecule has 3 aromatic rings. The Balaban J connectivity index is 1.56. The van der Waals surface area contributed by atoms with E-state index < -0.39 is 6.17 Å². The van der Waals surface area contributed by atoms with E-state index in [0.29, 0.717) is 39.4 Å². The number of amides is 1. The Labute approximate surface area is 218 Å². The summed E-state index contributed by atoms with van der Waals surface area (Å²) in [7, 11) is 1.57. The third-order valence-corrected chi connectivity index (χ3v) is 7.08. The number of amidine groups is 1. The van der Waals surface area contributed by atoms with Crippen LogP contribution in [0.25, 0.3) is 5.70 Å². The minimum absolute atomic E-state index is 0.211. The van der Waals surface area contributed by atoms with E-state index in [1.54, 1.807) is 18.2 Å². The van der Waals surface area contributed by atoms with E-state index in [1.807, 2.05) is 60.7 Å². The normalized spacial score (nSPS) is 16.4. The highest BCUT2D eigenvalue weighted by Crippen LogP contribution is 2.41. The molecule has 0 radical (unpaired) electrons. The third-order valence-electron chi connectivity index (χ3n) is 5.73. The van der Waals surface area contributed by atoms with E-state index in [1.165, 1.54) is 11.8 Å². The molecule has 0 saturated heterocycles. The van der Waals surface area contributed by atoms with E-state index >= 15 is 0 Å². The summed E-state index contributed by atoms with van der Waals surface area (Å²) < 4.78 is 11.7. The molecule has 0 aliphatic carbocycles. The Hall–Kier alpha value is -3.49. The van der Waals surface area contributed by atoms with Gasteiger partial charge >= 0.3 is 0 Å². The van der Waals surface area contributed by atoms with Gasteiger partial charge in [0.1, 0.15) is 12.3 Å². The highest BCUT2D eigenvalue weighted by atomic mass is 35.5. The van der Waals surface area contributed by atoms with Gasteiger partial charge in [-0.3, -0.25) is 15.1 Å². The molecule has 1 amide bonds. The van der Waals surface area contributed by atoms with Crippen LogP contribution in [0.1, 0.15) is 30.6 Å². The van der Waals surface area contributed by atoms with Crippen LogP contribution in [0, 0.1) is 0 Å². The molecule has 0 aromatic heterocycles. The van der Waals surface area contributed by atoms with Crippen LogP contribution in [-0.4, -0.2) is 28.9 Å². The lowest BCUT2D eigenvalue weighted by Crippen LogP contribution is -2.50. The van der Waals surface area contributed by atoms with Crippen molar-refractivity contribution in [3.8, 4) is 11.5 Å². The maximum Gasteiger partial charge on any atom is 0.276 e. The molecule has 7 nitrogen and oxygen atoms in total. The lowest BCUT2D eigenvalue weighted by Gasteiger charge is -2.34. The molecule has 0 saturated carbocycles. The SMILES string of the molecule is CCCSC1=NN2C(=c3ccccc3=NC2c2cc(Cl)c(OCc3ccccc3)c(OC)c2)C(=O)N1. The van der Waals surface area contributed by atoms with Crippen molar-refractivity contribution in [2.45, 2.75) is 26.1 Å².